The summed E-state index contributed by atoms with van der Waals surface area (Å²) >= 11 is 0. The minimum absolute atomic E-state index is 0.192. The van der Waals surface area contributed by atoms with E-state index in [1.165, 1.54) is 17.7 Å². The fourth-order valence-corrected chi connectivity index (χ4v) is 1.75. The van der Waals surface area contributed by atoms with E-state index in [1.54, 1.807) is 6.07 Å². The van der Waals surface area contributed by atoms with Crippen LogP contribution in [0.5, 0.6) is 11.5 Å². The number of aromatic hydroxyl groups is 2. The van der Waals surface area contributed by atoms with Crippen molar-refractivity contribution in [3.8, 4) is 11.5 Å². The molecule has 1 atom stereocenters. The number of benzene rings is 2. The Morgan fingerprint density at radius 3 is 2.32 bits per heavy atom. The molecule has 0 aromatic heterocycles. The van der Waals surface area contributed by atoms with Crippen molar-refractivity contribution >= 4 is 5.69 Å². The number of aliphatic hydroxyl groups excluding tert-OH is 1. The highest BCUT2D eigenvalue weighted by atomic mass is 16.3. The highest BCUT2D eigenvalue weighted by molar-refractivity contribution is 5.45. The SMILES string of the molecule is Cc1ccc(NCC(O)c2ccc(O)c(O)c2)cc1. The summed E-state index contributed by atoms with van der Waals surface area (Å²) in [7, 11) is 0. The fraction of sp³-hybridized carbons (Fsp3) is 0.200. The summed E-state index contributed by atoms with van der Waals surface area (Å²) in [4.78, 5) is 0. The molecule has 0 heterocycles. The van der Waals surface area contributed by atoms with E-state index in [9.17, 15) is 15.3 Å². The number of phenols is 2. The normalized spacial score (nSPS) is 12.1. The number of hydrogen-bond donors (Lipinski definition) is 4. The lowest BCUT2D eigenvalue weighted by Crippen LogP contribution is -2.11. The molecule has 0 aliphatic heterocycles. The summed E-state index contributed by atoms with van der Waals surface area (Å²) in [6.07, 6.45) is -0.757. The lowest BCUT2D eigenvalue weighted by molar-refractivity contribution is 0.191. The van der Waals surface area contributed by atoms with E-state index >= 15 is 0 Å². The van der Waals surface area contributed by atoms with Crippen LogP contribution < -0.4 is 5.32 Å². The van der Waals surface area contributed by atoms with E-state index in [2.05, 4.69) is 5.32 Å². The molecule has 4 N–H and O–H groups in total. The molecular formula is C15H17NO3. The van der Waals surface area contributed by atoms with E-state index in [1.807, 2.05) is 31.2 Å². The molecule has 19 heavy (non-hydrogen) atoms. The summed E-state index contributed by atoms with van der Waals surface area (Å²) in [6, 6.07) is 12.2. The fourth-order valence-electron chi connectivity index (χ4n) is 1.75. The quantitative estimate of drug-likeness (QED) is 0.637. The molecule has 0 fully saturated rings. The molecule has 0 saturated heterocycles. The predicted octanol–water partition coefficient (Wildman–Crippen LogP) is 2.55. The van der Waals surface area contributed by atoms with Gasteiger partial charge in [0.2, 0.25) is 0 Å². The predicted molar refractivity (Wildman–Crippen MR) is 74.4 cm³/mol. The molecule has 4 nitrogen and oxygen atoms in total. The monoisotopic (exact) mass is 259 g/mol. The number of nitrogens with one attached hydrogen (secondary N) is 1. The molecule has 0 aliphatic rings. The molecule has 0 bridgehead atoms. The van der Waals surface area contributed by atoms with Crippen molar-refractivity contribution < 1.29 is 15.3 Å². The largest absolute Gasteiger partial charge is 0.504 e. The van der Waals surface area contributed by atoms with Gasteiger partial charge in [-0.05, 0) is 36.8 Å². The van der Waals surface area contributed by atoms with E-state index < -0.39 is 6.10 Å². The Hall–Kier alpha value is -2.20. The number of anilines is 1. The number of rotatable bonds is 4. The average Bonchev–Trinajstić information content (AvgIpc) is 2.41. The number of aryl methyl sites for hydroxylation is 1. The van der Waals surface area contributed by atoms with Gasteiger partial charge in [-0.25, -0.2) is 0 Å². The van der Waals surface area contributed by atoms with Crippen molar-refractivity contribution in [1.29, 1.82) is 0 Å². The second-order valence-corrected chi connectivity index (χ2v) is 4.51. The van der Waals surface area contributed by atoms with Crippen LogP contribution in [0.1, 0.15) is 17.2 Å². The molecule has 0 radical (unpaired) electrons. The molecule has 1 unspecified atom stereocenters. The summed E-state index contributed by atoms with van der Waals surface area (Å²) in [5.41, 5.74) is 2.65. The van der Waals surface area contributed by atoms with Crippen molar-refractivity contribution in [3.63, 3.8) is 0 Å². The maximum absolute atomic E-state index is 10.00. The van der Waals surface area contributed by atoms with Crippen LogP contribution in [0.2, 0.25) is 0 Å². The summed E-state index contributed by atoms with van der Waals surface area (Å²) in [6.45, 7) is 2.34. The Bertz CT molecular complexity index is 552. The van der Waals surface area contributed by atoms with Gasteiger partial charge in [-0.3, -0.25) is 0 Å². The Balaban J connectivity index is 1.98. The minimum Gasteiger partial charge on any atom is -0.504 e. The molecule has 0 amide bonds. The molecule has 2 aromatic carbocycles. The van der Waals surface area contributed by atoms with Gasteiger partial charge in [0.25, 0.3) is 0 Å². The Kier molecular flexibility index (Phi) is 3.92. The van der Waals surface area contributed by atoms with E-state index in [0.717, 1.165) is 5.69 Å². The van der Waals surface area contributed by atoms with E-state index in [4.69, 9.17) is 0 Å². The second-order valence-electron chi connectivity index (χ2n) is 4.51. The maximum Gasteiger partial charge on any atom is 0.157 e. The van der Waals surface area contributed by atoms with Gasteiger partial charge in [0.1, 0.15) is 0 Å². The summed E-state index contributed by atoms with van der Waals surface area (Å²) < 4.78 is 0. The average molecular weight is 259 g/mol. The van der Waals surface area contributed by atoms with Gasteiger partial charge in [-0.1, -0.05) is 23.8 Å². The number of phenolic OH excluding ortho intramolecular Hbond substituents is 2. The number of aliphatic hydroxyl groups is 1. The highest BCUT2D eigenvalue weighted by Gasteiger charge is 2.09. The lowest BCUT2D eigenvalue weighted by Gasteiger charge is -2.14. The van der Waals surface area contributed by atoms with Gasteiger partial charge >= 0.3 is 0 Å². The van der Waals surface area contributed by atoms with Crippen LogP contribution in [0, 0.1) is 6.92 Å². The van der Waals surface area contributed by atoms with Crippen LogP contribution in [0.3, 0.4) is 0 Å². The highest BCUT2D eigenvalue weighted by Crippen LogP contribution is 2.27. The Labute approximate surface area is 112 Å². The van der Waals surface area contributed by atoms with Crippen LogP contribution >= 0.6 is 0 Å². The third-order valence-corrected chi connectivity index (χ3v) is 2.94. The maximum atomic E-state index is 10.00. The summed E-state index contributed by atoms with van der Waals surface area (Å²) in [5, 5.41) is 31.7. The van der Waals surface area contributed by atoms with Gasteiger partial charge in [-0.2, -0.15) is 0 Å². The second kappa shape index (κ2) is 5.63. The Morgan fingerprint density at radius 1 is 1.00 bits per heavy atom. The molecule has 2 aromatic rings. The minimum atomic E-state index is -0.757. The molecule has 2 rings (SSSR count). The number of hydrogen-bond acceptors (Lipinski definition) is 4. The first-order chi connectivity index (χ1) is 9.06. The first-order valence-corrected chi connectivity index (χ1v) is 6.07. The molecule has 0 aliphatic carbocycles. The van der Waals surface area contributed by atoms with Crippen LogP contribution in [-0.2, 0) is 0 Å². The standard InChI is InChI=1S/C15H17NO3/c1-10-2-5-12(6-3-10)16-9-15(19)11-4-7-13(17)14(18)8-11/h2-8,15-19H,9H2,1H3. The molecular weight excluding hydrogens is 242 g/mol. The van der Waals surface area contributed by atoms with Crippen molar-refractivity contribution in [1.82, 2.24) is 0 Å². The van der Waals surface area contributed by atoms with Gasteiger partial charge in [0.15, 0.2) is 11.5 Å². The van der Waals surface area contributed by atoms with Crippen LogP contribution in [0.15, 0.2) is 42.5 Å². The lowest BCUT2D eigenvalue weighted by atomic mass is 10.1. The van der Waals surface area contributed by atoms with Crippen LogP contribution in [-0.4, -0.2) is 21.9 Å². The van der Waals surface area contributed by atoms with E-state index in [0.29, 0.717) is 12.1 Å². The summed E-state index contributed by atoms with van der Waals surface area (Å²) in [5.74, 6) is -0.422. The smallest absolute Gasteiger partial charge is 0.157 e. The van der Waals surface area contributed by atoms with Crippen molar-refractivity contribution in [3.05, 3.63) is 53.6 Å². The van der Waals surface area contributed by atoms with Gasteiger partial charge < -0.3 is 20.6 Å². The van der Waals surface area contributed by atoms with Gasteiger partial charge in [-0.15, -0.1) is 0 Å². The zero-order valence-electron chi connectivity index (χ0n) is 10.7. The Morgan fingerprint density at radius 2 is 1.68 bits per heavy atom. The molecule has 4 heteroatoms. The first kappa shape index (κ1) is 13.2. The zero-order valence-corrected chi connectivity index (χ0v) is 10.7. The molecule has 0 spiro atoms. The van der Waals surface area contributed by atoms with Gasteiger partial charge in [0, 0.05) is 12.2 Å². The van der Waals surface area contributed by atoms with Crippen LogP contribution in [0.4, 0.5) is 5.69 Å². The topological polar surface area (TPSA) is 72.7 Å². The molecule has 0 saturated carbocycles. The van der Waals surface area contributed by atoms with Crippen molar-refractivity contribution in [2.24, 2.45) is 0 Å². The first-order valence-electron chi connectivity index (χ1n) is 6.07. The third-order valence-electron chi connectivity index (χ3n) is 2.94. The molecule has 100 valence electrons. The van der Waals surface area contributed by atoms with E-state index in [-0.39, 0.29) is 11.5 Å². The third kappa shape index (κ3) is 3.39. The zero-order chi connectivity index (χ0) is 13.8. The van der Waals surface area contributed by atoms with Gasteiger partial charge in [0.05, 0.1) is 6.10 Å². The van der Waals surface area contributed by atoms with Crippen molar-refractivity contribution in [2.45, 2.75) is 13.0 Å². The van der Waals surface area contributed by atoms with Crippen LogP contribution in [0.25, 0.3) is 0 Å². The van der Waals surface area contributed by atoms with Crippen molar-refractivity contribution in [2.75, 3.05) is 11.9 Å².